The Morgan fingerprint density at radius 2 is 1.57 bits per heavy atom. The lowest BCUT2D eigenvalue weighted by molar-refractivity contribution is 0.306. The van der Waals surface area contributed by atoms with Crippen LogP contribution >= 0.6 is 0 Å². The van der Waals surface area contributed by atoms with Crippen molar-refractivity contribution in [2.75, 3.05) is 6.54 Å². The van der Waals surface area contributed by atoms with Gasteiger partial charge in [-0.25, -0.2) is 0 Å². The second kappa shape index (κ2) is 7.84. The second-order valence-corrected chi connectivity index (χ2v) is 5.52. The maximum absolute atomic E-state index is 5.84. The third kappa shape index (κ3) is 4.61. The summed E-state index contributed by atoms with van der Waals surface area (Å²) in [6.45, 7) is 5.76. The molecule has 2 N–H and O–H groups in total. The lowest BCUT2D eigenvalue weighted by atomic mass is 9.99. The lowest BCUT2D eigenvalue weighted by Gasteiger charge is -2.11. The molecule has 0 aliphatic rings. The summed E-state index contributed by atoms with van der Waals surface area (Å²) in [6, 6.07) is 16.9. The molecule has 112 valence electrons. The average Bonchev–Trinajstić information content (AvgIpc) is 2.54. The van der Waals surface area contributed by atoms with E-state index in [0.29, 0.717) is 19.1 Å². The van der Waals surface area contributed by atoms with E-state index < -0.39 is 0 Å². The van der Waals surface area contributed by atoms with Crippen molar-refractivity contribution in [1.29, 1.82) is 0 Å². The fourth-order valence-electron chi connectivity index (χ4n) is 2.26. The molecule has 2 aromatic carbocycles. The van der Waals surface area contributed by atoms with Crippen LogP contribution in [0.5, 0.6) is 5.75 Å². The number of nitrogens with two attached hydrogens (primary N) is 1. The molecule has 1 unspecified atom stereocenters. The van der Waals surface area contributed by atoms with Gasteiger partial charge in [-0.3, -0.25) is 0 Å². The number of hydrogen-bond acceptors (Lipinski definition) is 2. The molecule has 0 spiro atoms. The lowest BCUT2D eigenvalue weighted by Crippen LogP contribution is -2.03. The van der Waals surface area contributed by atoms with Gasteiger partial charge in [-0.05, 0) is 54.1 Å². The van der Waals surface area contributed by atoms with Crippen molar-refractivity contribution in [3.05, 3.63) is 65.2 Å². The van der Waals surface area contributed by atoms with Gasteiger partial charge in [0, 0.05) is 0 Å². The van der Waals surface area contributed by atoms with Gasteiger partial charge in [0.05, 0.1) is 0 Å². The van der Waals surface area contributed by atoms with Crippen LogP contribution in [0.2, 0.25) is 0 Å². The first-order valence-electron chi connectivity index (χ1n) is 7.73. The summed E-state index contributed by atoms with van der Waals surface area (Å²) in [7, 11) is 0. The highest BCUT2D eigenvalue weighted by molar-refractivity contribution is 5.30. The second-order valence-electron chi connectivity index (χ2n) is 5.52. The van der Waals surface area contributed by atoms with E-state index in [9.17, 15) is 0 Å². The number of hydrogen-bond donors (Lipinski definition) is 1. The predicted octanol–water partition coefficient (Wildman–Crippen LogP) is 4.28. The minimum atomic E-state index is 0.603. The van der Waals surface area contributed by atoms with E-state index in [1.54, 1.807) is 0 Å². The van der Waals surface area contributed by atoms with Gasteiger partial charge < -0.3 is 10.5 Å². The summed E-state index contributed by atoms with van der Waals surface area (Å²) in [6.07, 6.45) is 2.09. The number of benzene rings is 2. The van der Waals surface area contributed by atoms with Crippen LogP contribution in [0.25, 0.3) is 0 Å². The Morgan fingerprint density at radius 3 is 2.14 bits per heavy atom. The van der Waals surface area contributed by atoms with Gasteiger partial charge in [-0.2, -0.15) is 0 Å². The van der Waals surface area contributed by atoms with Crippen LogP contribution in [0.15, 0.2) is 48.5 Å². The summed E-state index contributed by atoms with van der Waals surface area (Å²) in [4.78, 5) is 0. The normalized spacial score (nSPS) is 12.1. The van der Waals surface area contributed by atoms with Crippen molar-refractivity contribution in [2.45, 2.75) is 39.2 Å². The molecule has 0 amide bonds. The maximum atomic E-state index is 5.84. The van der Waals surface area contributed by atoms with Gasteiger partial charge in [-0.1, -0.05) is 50.2 Å². The number of ether oxygens (including phenoxy) is 1. The highest BCUT2D eigenvalue weighted by Crippen LogP contribution is 2.22. The third-order valence-corrected chi connectivity index (χ3v) is 3.92. The highest BCUT2D eigenvalue weighted by atomic mass is 16.5. The highest BCUT2D eigenvalue weighted by Gasteiger charge is 2.03. The van der Waals surface area contributed by atoms with Crippen LogP contribution < -0.4 is 10.5 Å². The Morgan fingerprint density at radius 1 is 0.952 bits per heavy atom. The Hall–Kier alpha value is -1.80. The fourth-order valence-corrected chi connectivity index (χ4v) is 2.26. The van der Waals surface area contributed by atoms with Crippen molar-refractivity contribution < 1.29 is 4.74 Å². The first kappa shape index (κ1) is 15.6. The molecular weight excluding hydrogens is 258 g/mol. The van der Waals surface area contributed by atoms with Crippen molar-refractivity contribution in [3.63, 3.8) is 0 Å². The molecular formula is C19H25NO. The standard InChI is InChI=1S/C19H25NO/c1-3-15(2)18-8-10-19(11-9-18)21-14-17-6-4-16(5-7-17)12-13-20/h4-11,15H,3,12-14,20H2,1-2H3. The molecule has 0 radical (unpaired) electrons. The molecule has 0 saturated heterocycles. The zero-order chi connectivity index (χ0) is 15.1. The van der Waals surface area contributed by atoms with Crippen molar-refractivity contribution in [3.8, 4) is 5.75 Å². The SMILES string of the molecule is CCC(C)c1ccc(OCc2ccc(CCN)cc2)cc1. The quantitative estimate of drug-likeness (QED) is 0.823. The topological polar surface area (TPSA) is 35.2 Å². The largest absolute Gasteiger partial charge is 0.489 e. The van der Waals surface area contributed by atoms with E-state index in [2.05, 4.69) is 62.4 Å². The van der Waals surface area contributed by atoms with Gasteiger partial charge >= 0.3 is 0 Å². The molecule has 0 fully saturated rings. The van der Waals surface area contributed by atoms with Crippen LogP contribution in [0.3, 0.4) is 0 Å². The minimum Gasteiger partial charge on any atom is -0.489 e. The molecule has 21 heavy (non-hydrogen) atoms. The van der Waals surface area contributed by atoms with Crippen molar-refractivity contribution in [2.24, 2.45) is 5.73 Å². The van der Waals surface area contributed by atoms with Gasteiger partial charge in [0.1, 0.15) is 12.4 Å². The molecule has 2 aromatic rings. The van der Waals surface area contributed by atoms with E-state index in [4.69, 9.17) is 10.5 Å². The van der Waals surface area contributed by atoms with Crippen LogP contribution in [0, 0.1) is 0 Å². The Kier molecular flexibility index (Phi) is 5.82. The zero-order valence-corrected chi connectivity index (χ0v) is 13.0. The first-order valence-corrected chi connectivity index (χ1v) is 7.73. The van der Waals surface area contributed by atoms with Gasteiger partial charge in [0.2, 0.25) is 0 Å². The van der Waals surface area contributed by atoms with Crippen LogP contribution in [0.1, 0.15) is 42.9 Å². The third-order valence-electron chi connectivity index (χ3n) is 3.92. The van der Waals surface area contributed by atoms with Crippen molar-refractivity contribution in [1.82, 2.24) is 0 Å². The molecule has 0 aliphatic carbocycles. The molecule has 0 heterocycles. The maximum Gasteiger partial charge on any atom is 0.119 e. The van der Waals surface area contributed by atoms with E-state index in [1.807, 2.05) is 0 Å². The van der Waals surface area contributed by atoms with E-state index in [0.717, 1.165) is 18.6 Å². The summed E-state index contributed by atoms with van der Waals surface area (Å²) in [5.41, 5.74) is 9.38. The average molecular weight is 283 g/mol. The summed E-state index contributed by atoms with van der Waals surface area (Å²) in [5, 5.41) is 0. The fraction of sp³-hybridized carbons (Fsp3) is 0.368. The van der Waals surface area contributed by atoms with Gasteiger partial charge in [-0.15, -0.1) is 0 Å². The predicted molar refractivity (Wildman–Crippen MR) is 88.7 cm³/mol. The molecule has 0 saturated carbocycles. The molecule has 2 heteroatoms. The van der Waals surface area contributed by atoms with Crippen LogP contribution in [0.4, 0.5) is 0 Å². The summed E-state index contributed by atoms with van der Waals surface area (Å²) in [5.74, 6) is 1.53. The number of rotatable bonds is 7. The molecule has 0 bridgehead atoms. The Balaban J connectivity index is 1.90. The summed E-state index contributed by atoms with van der Waals surface area (Å²) >= 11 is 0. The van der Waals surface area contributed by atoms with Gasteiger partial charge in [0.15, 0.2) is 0 Å². The van der Waals surface area contributed by atoms with Crippen LogP contribution in [-0.2, 0) is 13.0 Å². The Bertz CT molecular complexity index is 530. The summed E-state index contributed by atoms with van der Waals surface area (Å²) < 4.78 is 5.84. The molecule has 0 aromatic heterocycles. The first-order chi connectivity index (χ1) is 10.2. The molecule has 2 nitrogen and oxygen atoms in total. The Labute approximate surface area is 127 Å². The zero-order valence-electron chi connectivity index (χ0n) is 13.0. The van der Waals surface area contributed by atoms with E-state index in [-0.39, 0.29) is 0 Å². The smallest absolute Gasteiger partial charge is 0.119 e. The molecule has 1 atom stereocenters. The molecule has 2 rings (SSSR count). The van der Waals surface area contributed by atoms with Gasteiger partial charge in [0.25, 0.3) is 0 Å². The van der Waals surface area contributed by atoms with Crippen LogP contribution in [-0.4, -0.2) is 6.54 Å². The van der Waals surface area contributed by atoms with Crippen molar-refractivity contribution >= 4 is 0 Å². The van der Waals surface area contributed by atoms with E-state index in [1.165, 1.54) is 16.7 Å². The van der Waals surface area contributed by atoms with E-state index >= 15 is 0 Å². The monoisotopic (exact) mass is 283 g/mol. The molecule has 0 aliphatic heterocycles. The minimum absolute atomic E-state index is 0.603.